The number of hydrogen-bond donors (Lipinski definition) is 2. The number of benzene rings is 1. The summed E-state index contributed by atoms with van der Waals surface area (Å²) >= 11 is 0. The summed E-state index contributed by atoms with van der Waals surface area (Å²) in [6, 6.07) is 11.5. The Hall–Kier alpha value is -2.71. The Balaban J connectivity index is 1.63. The minimum absolute atomic E-state index is 0.0733. The van der Waals surface area contributed by atoms with E-state index in [-0.39, 0.29) is 16.8 Å². The number of pyridine rings is 1. The molecule has 7 nitrogen and oxygen atoms in total. The van der Waals surface area contributed by atoms with Crippen LogP contribution in [-0.2, 0) is 16.4 Å². The highest BCUT2D eigenvalue weighted by Crippen LogP contribution is 2.12. The minimum Gasteiger partial charge on any atom is -0.352 e. The largest absolute Gasteiger partial charge is 0.352 e. The van der Waals surface area contributed by atoms with Gasteiger partial charge >= 0.3 is 0 Å². The van der Waals surface area contributed by atoms with Gasteiger partial charge in [-0.3, -0.25) is 4.79 Å². The SMILES string of the molecule is CC(C)NS(=O)(=O)c1cccc(C(=O)NCCc2cn3ccccc3n2)c1. The molecule has 2 N–H and O–H groups in total. The second-order valence-corrected chi connectivity index (χ2v) is 8.22. The lowest BCUT2D eigenvalue weighted by Gasteiger charge is -2.10. The van der Waals surface area contributed by atoms with Crippen molar-refractivity contribution in [3.8, 4) is 0 Å². The van der Waals surface area contributed by atoms with Gasteiger partial charge in [-0.1, -0.05) is 12.1 Å². The van der Waals surface area contributed by atoms with Gasteiger partial charge in [0.2, 0.25) is 10.0 Å². The molecular weight excluding hydrogens is 364 g/mol. The lowest BCUT2D eigenvalue weighted by Crippen LogP contribution is -2.30. The van der Waals surface area contributed by atoms with Crippen molar-refractivity contribution < 1.29 is 13.2 Å². The normalized spacial score (nSPS) is 11.8. The fourth-order valence-corrected chi connectivity index (χ4v) is 3.99. The summed E-state index contributed by atoms with van der Waals surface area (Å²) in [7, 11) is -3.64. The molecule has 0 aliphatic rings. The number of carbonyl (C=O) groups excluding carboxylic acids is 1. The molecule has 0 fully saturated rings. The van der Waals surface area contributed by atoms with Crippen molar-refractivity contribution in [2.75, 3.05) is 6.54 Å². The van der Waals surface area contributed by atoms with E-state index in [4.69, 9.17) is 0 Å². The van der Waals surface area contributed by atoms with Crippen molar-refractivity contribution in [2.24, 2.45) is 0 Å². The average molecular weight is 386 g/mol. The zero-order valence-corrected chi connectivity index (χ0v) is 16.0. The van der Waals surface area contributed by atoms with Gasteiger partial charge in [-0.25, -0.2) is 18.1 Å². The van der Waals surface area contributed by atoms with Crippen molar-refractivity contribution in [3.63, 3.8) is 0 Å². The van der Waals surface area contributed by atoms with E-state index in [0.717, 1.165) is 11.3 Å². The maximum absolute atomic E-state index is 12.4. The van der Waals surface area contributed by atoms with E-state index in [0.29, 0.717) is 18.5 Å². The smallest absolute Gasteiger partial charge is 0.251 e. The third-order valence-electron chi connectivity index (χ3n) is 3.88. The van der Waals surface area contributed by atoms with E-state index >= 15 is 0 Å². The summed E-state index contributed by atoms with van der Waals surface area (Å²) in [5, 5.41) is 2.81. The molecule has 0 atom stereocenters. The molecule has 0 radical (unpaired) electrons. The van der Waals surface area contributed by atoms with Crippen LogP contribution in [0.25, 0.3) is 5.65 Å². The van der Waals surface area contributed by atoms with E-state index < -0.39 is 10.0 Å². The molecule has 2 aromatic heterocycles. The summed E-state index contributed by atoms with van der Waals surface area (Å²) in [5.74, 6) is -0.319. The molecule has 3 rings (SSSR count). The fraction of sp³-hybridized carbons (Fsp3) is 0.263. The Bertz CT molecular complexity index is 1020. The van der Waals surface area contributed by atoms with Crippen LogP contribution >= 0.6 is 0 Å². The number of nitrogens with zero attached hydrogens (tertiary/aromatic N) is 2. The Morgan fingerprint density at radius 2 is 2.00 bits per heavy atom. The van der Waals surface area contributed by atoms with Gasteiger partial charge in [0, 0.05) is 37.0 Å². The highest BCUT2D eigenvalue weighted by atomic mass is 32.2. The van der Waals surface area contributed by atoms with E-state index in [1.165, 1.54) is 12.1 Å². The molecule has 1 aromatic carbocycles. The first-order chi connectivity index (χ1) is 12.8. The standard InChI is InChI=1S/C19H22N4O3S/c1-14(2)22-27(25,26)17-7-5-6-15(12-17)19(24)20-10-9-16-13-23-11-4-3-8-18(23)21-16/h3-8,11-14,22H,9-10H2,1-2H3,(H,20,24). The van der Waals surface area contributed by atoms with Gasteiger partial charge < -0.3 is 9.72 Å². The van der Waals surface area contributed by atoms with E-state index in [9.17, 15) is 13.2 Å². The predicted octanol–water partition coefficient (Wildman–Crippen LogP) is 1.99. The van der Waals surface area contributed by atoms with E-state index in [1.54, 1.807) is 26.0 Å². The quantitative estimate of drug-likeness (QED) is 0.650. The number of imidazole rings is 1. The Morgan fingerprint density at radius 1 is 1.19 bits per heavy atom. The van der Waals surface area contributed by atoms with Crippen LogP contribution in [0.2, 0.25) is 0 Å². The van der Waals surface area contributed by atoms with Gasteiger partial charge in [0.1, 0.15) is 5.65 Å². The average Bonchev–Trinajstić information content (AvgIpc) is 3.03. The summed E-state index contributed by atoms with van der Waals surface area (Å²) < 4.78 is 28.9. The molecular formula is C19H22N4O3S. The van der Waals surface area contributed by atoms with Gasteiger partial charge in [-0.05, 0) is 44.2 Å². The van der Waals surface area contributed by atoms with Crippen molar-refractivity contribution in [2.45, 2.75) is 31.2 Å². The Labute approximate surface area is 158 Å². The number of aromatic nitrogens is 2. The summed E-state index contributed by atoms with van der Waals surface area (Å²) in [6.07, 6.45) is 4.42. The predicted molar refractivity (Wildman–Crippen MR) is 103 cm³/mol. The zero-order valence-electron chi connectivity index (χ0n) is 15.2. The van der Waals surface area contributed by atoms with Crippen molar-refractivity contribution >= 4 is 21.6 Å². The number of sulfonamides is 1. The van der Waals surface area contributed by atoms with Crippen molar-refractivity contribution in [1.82, 2.24) is 19.4 Å². The molecule has 0 saturated carbocycles. The molecule has 0 bridgehead atoms. The molecule has 8 heteroatoms. The summed E-state index contributed by atoms with van der Waals surface area (Å²) in [5.41, 5.74) is 2.03. The number of rotatable bonds is 7. The van der Waals surface area contributed by atoms with Crippen LogP contribution in [0.1, 0.15) is 29.9 Å². The van der Waals surface area contributed by atoms with E-state index in [1.807, 2.05) is 35.0 Å². The molecule has 1 amide bonds. The van der Waals surface area contributed by atoms with Crippen LogP contribution < -0.4 is 10.0 Å². The molecule has 0 saturated heterocycles. The first-order valence-corrected chi connectivity index (χ1v) is 10.2. The van der Waals surface area contributed by atoms with Crippen molar-refractivity contribution in [1.29, 1.82) is 0 Å². The zero-order chi connectivity index (χ0) is 19.4. The number of hydrogen-bond acceptors (Lipinski definition) is 4. The van der Waals surface area contributed by atoms with Gasteiger partial charge in [0.25, 0.3) is 5.91 Å². The number of carbonyl (C=O) groups is 1. The maximum Gasteiger partial charge on any atom is 0.251 e. The Kier molecular flexibility index (Phi) is 5.57. The number of amides is 1. The van der Waals surface area contributed by atoms with Crippen LogP contribution in [0.5, 0.6) is 0 Å². The molecule has 27 heavy (non-hydrogen) atoms. The molecule has 2 heterocycles. The van der Waals surface area contributed by atoms with Crippen LogP contribution in [0, 0.1) is 0 Å². The van der Waals surface area contributed by atoms with Crippen LogP contribution in [0.3, 0.4) is 0 Å². The lowest BCUT2D eigenvalue weighted by molar-refractivity contribution is 0.0954. The highest BCUT2D eigenvalue weighted by Gasteiger charge is 2.17. The van der Waals surface area contributed by atoms with Crippen LogP contribution in [-0.4, -0.2) is 36.3 Å². The van der Waals surface area contributed by atoms with Gasteiger partial charge in [0.15, 0.2) is 0 Å². The molecule has 0 aliphatic heterocycles. The van der Waals surface area contributed by atoms with Crippen LogP contribution in [0.15, 0.2) is 59.8 Å². The minimum atomic E-state index is -3.64. The first kappa shape index (κ1) is 19.1. The lowest BCUT2D eigenvalue weighted by atomic mass is 10.2. The molecule has 0 aliphatic carbocycles. The molecule has 0 spiro atoms. The van der Waals surface area contributed by atoms with Gasteiger partial charge in [0.05, 0.1) is 10.6 Å². The maximum atomic E-state index is 12.4. The summed E-state index contributed by atoms with van der Waals surface area (Å²) in [6.45, 7) is 3.89. The molecule has 142 valence electrons. The second-order valence-electron chi connectivity index (χ2n) is 6.51. The van der Waals surface area contributed by atoms with Crippen molar-refractivity contribution in [3.05, 3.63) is 66.1 Å². The Morgan fingerprint density at radius 3 is 2.74 bits per heavy atom. The van der Waals surface area contributed by atoms with Gasteiger partial charge in [-0.2, -0.15) is 0 Å². The second kappa shape index (κ2) is 7.89. The number of nitrogens with one attached hydrogen (secondary N) is 2. The highest BCUT2D eigenvalue weighted by molar-refractivity contribution is 7.89. The number of fused-ring (bicyclic) bond motifs is 1. The van der Waals surface area contributed by atoms with Gasteiger partial charge in [-0.15, -0.1) is 0 Å². The molecule has 3 aromatic rings. The van der Waals surface area contributed by atoms with E-state index in [2.05, 4.69) is 15.0 Å². The van der Waals surface area contributed by atoms with Crippen LogP contribution in [0.4, 0.5) is 0 Å². The first-order valence-electron chi connectivity index (χ1n) is 8.68. The molecule has 0 unspecified atom stereocenters. The monoisotopic (exact) mass is 386 g/mol. The topological polar surface area (TPSA) is 92.6 Å². The summed E-state index contributed by atoms with van der Waals surface area (Å²) in [4.78, 5) is 16.9. The fourth-order valence-electron chi connectivity index (χ4n) is 2.70. The third-order valence-corrected chi connectivity index (χ3v) is 5.53. The third kappa shape index (κ3) is 4.72.